The highest BCUT2D eigenvalue weighted by molar-refractivity contribution is 7.91. The van der Waals surface area contributed by atoms with Gasteiger partial charge in [0.25, 0.3) is 0 Å². The summed E-state index contributed by atoms with van der Waals surface area (Å²) in [6, 6.07) is 1.11. The highest BCUT2D eigenvalue weighted by Gasteiger charge is 2.24. The molecule has 3 aromatic rings. The fourth-order valence-electron chi connectivity index (χ4n) is 2.48. The van der Waals surface area contributed by atoms with Gasteiger partial charge in [0.15, 0.2) is 12.4 Å². The van der Waals surface area contributed by atoms with Crippen LogP contribution >= 0.6 is 11.3 Å². The Hall–Kier alpha value is -3.03. The van der Waals surface area contributed by atoms with Crippen LogP contribution in [0.3, 0.4) is 0 Å². The van der Waals surface area contributed by atoms with E-state index in [4.69, 9.17) is 24.8 Å². The van der Waals surface area contributed by atoms with Crippen LogP contribution in [0.2, 0.25) is 0 Å². The molecule has 3 rings (SSSR count). The summed E-state index contributed by atoms with van der Waals surface area (Å²) in [5.41, 5.74) is 6.14. The van der Waals surface area contributed by atoms with Crippen LogP contribution in [0.15, 0.2) is 20.1 Å². The van der Waals surface area contributed by atoms with Gasteiger partial charge in [-0.05, 0) is 19.9 Å². The number of esters is 2. The minimum absolute atomic E-state index is 0.0199. The van der Waals surface area contributed by atoms with Gasteiger partial charge in [-0.3, -0.25) is 0 Å². The summed E-state index contributed by atoms with van der Waals surface area (Å²) in [5, 5.41) is 6.53. The Balaban J connectivity index is 1.82. The molecule has 0 amide bonds. The standard InChI is InChI=1S/C16H16N4O7S2/c1-3-25-16(22)11-7(2)27-14-12(11)13(17)19-9(20-14)5-26-15(21)8-4-10(28-6-8)29(18,23)24/h4,6H,3,5H2,1-2H3,(H2,17,19,20)(H2,18,23,24). The number of furan rings is 1. The second-order valence-corrected chi connectivity index (χ2v) is 8.43. The van der Waals surface area contributed by atoms with Gasteiger partial charge in [-0.2, -0.15) is 4.98 Å². The van der Waals surface area contributed by atoms with Crippen molar-refractivity contribution in [3.8, 4) is 0 Å². The predicted octanol–water partition coefficient (Wildman–Crippen LogP) is 1.36. The number of primary sulfonamides is 1. The number of aryl methyl sites for hydroxylation is 1. The number of ether oxygens (including phenoxy) is 2. The van der Waals surface area contributed by atoms with E-state index in [-0.39, 0.29) is 57.1 Å². The fraction of sp³-hybridized carbons (Fsp3) is 0.250. The molecule has 0 unspecified atom stereocenters. The van der Waals surface area contributed by atoms with Gasteiger partial charge in [0.2, 0.25) is 15.7 Å². The van der Waals surface area contributed by atoms with Gasteiger partial charge in [-0.25, -0.2) is 28.1 Å². The predicted molar refractivity (Wildman–Crippen MR) is 102 cm³/mol. The first-order valence-corrected chi connectivity index (χ1v) is 10.6. The molecule has 11 nitrogen and oxygen atoms in total. The number of thiophene rings is 1. The van der Waals surface area contributed by atoms with E-state index in [1.165, 1.54) is 5.38 Å². The van der Waals surface area contributed by atoms with Crippen LogP contribution in [-0.2, 0) is 26.1 Å². The summed E-state index contributed by atoms with van der Waals surface area (Å²) in [6.07, 6.45) is 0. The van der Waals surface area contributed by atoms with Crippen molar-refractivity contribution >= 4 is 50.2 Å². The van der Waals surface area contributed by atoms with Crippen LogP contribution in [0, 0.1) is 6.92 Å². The normalized spacial score (nSPS) is 11.6. The monoisotopic (exact) mass is 440 g/mol. The molecule has 0 aliphatic heterocycles. The number of nitrogen functional groups attached to an aromatic ring is 1. The average Bonchev–Trinajstić information content (AvgIpc) is 3.24. The van der Waals surface area contributed by atoms with E-state index < -0.39 is 22.0 Å². The molecule has 29 heavy (non-hydrogen) atoms. The number of aromatic nitrogens is 2. The van der Waals surface area contributed by atoms with Crippen LogP contribution < -0.4 is 10.9 Å². The zero-order valence-corrected chi connectivity index (χ0v) is 16.9. The molecule has 0 aliphatic carbocycles. The number of hydrogen-bond acceptors (Lipinski definition) is 11. The molecule has 3 aromatic heterocycles. The maximum absolute atomic E-state index is 12.1. The summed E-state index contributed by atoms with van der Waals surface area (Å²) < 4.78 is 38.0. The Kier molecular flexibility index (Phi) is 5.55. The Morgan fingerprint density at radius 1 is 1.24 bits per heavy atom. The van der Waals surface area contributed by atoms with E-state index in [1.54, 1.807) is 13.8 Å². The van der Waals surface area contributed by atoms with Crippen molar-refractivity contribution in [2.45, 2.75) is 24.7 Å². The Morgan fingerprint density at radius 2 is 1.97 bits per heavy atom. The lowest BCUT2D eigenvalue weighted by molar-refractivity contribution is 0.0461. The van der Waals surface area contributed by atoms with Gasteiger partial charge >= 0.3 is 11.9 Å². The molecule has 0 fully saturated rings. The second-order valence-electron chi connectivity index (χ2n) is 5.73. The largest absolute Gasteiger partial charge is 0.462 e. The van der Waals surface area contributed by atoms with Gasteiger partial charge in [0.1, 0.15) is 21.4 Å². The number of nitrogens with zero attached hydrogens (tertiary/aromatic N) is 2. The van der Waals surface area contributed by atoms with E-state index in [1.807, 2.05) is 0 Å². The topological polar surface area (TPSA) is 178 Å². The summed E-state index contributed by atoms with van der Waals surface area (Å²) in [6.45, 7) is 3.05. The number of carbonyl (C=O) groups excluding carboxylic acids is 2. The van der Waals surface area contributed by atoms with Crippen LogP contribution in [0.25, 0.3) is 11.1 Å². The van der Waals surface area contributed by atoms with E-state index in [0.717, 1.165) is 17.4 Å². The van der Waals surface area contributed by atoms with Crippen molar-refractivity contribution in [1.82, 2.24) is 9.97 Å². The maximum Gasteiger partial charge on any atom is 0.342 e. The average molecular weight is 440 g/mol. The first-order chi connectivity index (χ1) is 13.6. The molecule has 0 saturated carbocycles. The lowest BCUT2D eigenvalue weighted by atomic mass is 10.2. The molecule has 3 heterocycles. The number of nitrogens with two attached hydrogens (primary N) is 2. The zero-order chi connectivity index (χ0) is 21.3. The third-order valence-electron chi connectivity index (χ3n) is 3.71. The number of hydrogen-bond donors (Lipinski definition) is 2. The van der Waals surface area contributed by atoms with Gasteiger partial charge in [-0.1, -0.05) is 0 Å². The van der Waals surface area contributed by atoms with Crippen molar-refractivity contribution < 1.29 is 31.9 Å². The smallest absolute Gasteiger partial charge is 0.342 e. The number of carbonyl (C=O) groups is 2. The molecule has 0 aliphatic rings. The van der Waals surface area contributed by atoms with Crippen molar-refractivity contribution in [2.24, 2.45) is 5.14 Å². The van der Waals surface area contributed by atoms with E-state index in [0.29, 0.717) is 0 Å². The van der Waals surface area contributed by atoms with Crippen molar-refractivity contribution in [3.63, 3.8) is 0 Å². The molecule has 0 bridgehead atoms. The third kappa shape index (κ3) is 4.21. The van der Waals surface area contributed by atoms with Crippen LogP contribution in [0.1, 0.15) is 39.2 Å². The van der Waals surface area contributed by atoms with Crippen LogP contribution in [0.5, 0.6) is 0 Å². The minimum atomic E-state index is -3.91. The van der Waals surface area contributed by atoms with Crippen molar-refractivity contribution in [2.75, 3.05) is 12.3 Å². The highest BCUT2D eigenvalue weighted by atomic mass is 32.2. The third-order valence-corrected chi connectivity index (χ3v) is 6.09. The van der Waals surface area contributed by atoms with Gasteiger partial charge in [0.05, 0.1) is 17.6 Å². The molecule has 0 saturated heterocycles. The lowest BCUT2D eigenvalue weighted by Crippen LogP contribution is -2.11. The number of sulfonamides is 1. The van der Waals surface area contributed by atoms with Crippen molar-refractivity contribution in [3.05, 3.63) is 34.2 Å². The molecule has 0 spiro atoms. The van der Waals surface area contributed by atoms with Gasteiger partial charge < -0.3 is 19.6 Å². The Bertz CT molecular complexity index is 1210. The van der Waals surface area contributed by atoms with Gasteiger partial charge in [-0.15, -0.1) is 11.3 Å². The number of fused-ring (bicyclic) bond motifs is 1. The fourth-order valence-corrected chi connectivity index (χ4v) is 4.06. The van der Waals surface area contributed by atoms with E-state index in [2.05, 4.69) is 9.97 Å². The lowest BCUT2D eigenvalue weighted by Gasteiger charge is -2.05. The number of anilines is 1. The van der Waals surface area contributed by atoms with Crippen LogP contribution in [0.4, 0.5) is 5.82 Å². The quantitative estimate of drug-likeness (QED) is 0.532. The van der Waals surface area contributed by atoms with E-state index >= 15 is 0 Å². The first kappa shape index (κ1) is 20.7. The molecule has 0 radical (unpaired) electrons. The highest BCUT2D eigenvalue weighted by Crippen LogP contribution is 2.29. The summed E-state index contributed by atoms with van der Waals surface area (Å²) in [5.74, 6) is -1.13. The second kappa shape index (κ2) is 7.77. The van der Waals surface area contributed by atoms with Crippen LogP contribution in [-0.4, -0.2) is 36.9 Å². The molecule has 0 atom stereocenters. The zero-order valence-electron chi connectivity index (χ0n) is 15.3. The van der Waals surface area contributed by atoms with E-state index in [9.17, 15) is 18.0 Å². The minimum Gasteiger partial charge on any atom is -0.462 e. The Morgan fingerprint density at radius 3 is 2.59 bits per heavy atom. The summed E-state index contributed by atoms with van der Waals surface area (Å²) in [4.78, 5) is 32.4. The number of rotatable bonds is 6. The molecule has 0 aromatic carbocycles. The molecule has 13 heteroatoms. The summed E-state index contributed by atoms with van der Waals surface area (Å²) in [7, 11) is -3.91. The molecule has 154 valence electrons. The van der Waals surface area contributed by atoms with Gasteiger partial charge in [0, 0.05) is 5.38 Å². The molecule has 4 N–H and O–H groups in total. The maximum atomic E-state index is 12.1. The Labute approximate surface area is 168 Å². The first-order valence-electron chi connectivity index (χ1n) is 8.12. The van der Waals surface area contributed by atoms with Crippen molar-refractivity contribution in [1.29, 1.82) is 0 Å². The SMILES string of the molecule is CCOC(=O)c1c(C)oc2nc(COC(=O)c3csc(S(N)(=O)=O)c3)nc(N)c12. The summed E-state index contributed by atoms with van der Waals surface area (Å²) >= 11 is 0.798. The molecular weight excluding hydrogens is 424 g/mol. The molecular formula is C16H16N4O7S2.